The second-order valence-electron chi connectivity index (χ2n) is 5.11. The number of ether oxygens (including phenoxy) is 1. The maximum atomic E-state index is 5.16. The topological polar surface area (TPSA) is 25.4 Å². The second-order valence-corrected chi connectivity index (χ2v) is 5.11. The van der Waals surface area contributed by atoms with Crippen molar-refractivity contribution < 1.29 is 4.74 Å². The van der Waals surface area contributed by atoms with Crippen LogP contribution >= 0.6 is 0 Å². The van der Waals surface area contributed by atoms with Gasteiger partial charge in [0.1, 0.15) is 0 Å². The molecule has 1 atom stereocenters. The highest BCUT2D eigenvalue weighted by Gasteiger charge is 2.21. The number of methoxy groups -OCH3 is 1. The summed E-state index contributed by atoms with van der Waals surface area (Å²) in [5, 5.41) is 0. The molecule has 2 rings (SSSR count). The number of rotatable bonds is 6. The van der Waals surface area contributed by atoms with Gasteiger partial charge in [-0.25, -0.2) is 0 Å². The molecule has 0 bridgehead atoms. The molecule has 0 radical (unpaired) electrons. The Hall–Kier alpha value is -0.930. The van der Waals surface area contributed by atoms with Gasteiger partial charge < -0.3 is 4.74 Å². The molecule has 1 unspecified atom stereocenters. The van der Waals surface area contributed by atoms with Crippen molar-refractivity contribution in [2.75, 3.05) is 20.3 Å². The Bertz CT molecular complexity index is 329. The van der Waals surface area contributed by atoms with Crippen molar-refractivity contribution in [1.82, 2.24) is 9.88 Å². The van der Waals surface area contributed by atoms with Crippen LogP contribution in [0.15, 0.2) is 24.5 Å². The van der Waals surface area contributed by atoms with E-state index in [-0.39, 0.29) is 0 Å². The van der Waals surface area contributed by atoms with Gasteiger partial charge in [0, 0.05) is 38.7 Å². The van der Waals surface area contributed by atoms with E-state index in [1.165, 1.54) is 44.2 Å². The van der Waals surface area contributed by atoms with E-state index in [4.69, 9.17) is 4.74 Å². The third kappa shape index (κ3) is 4.07. The number of hydrogen-bond donors (Lipinski definition) is 0. The fourth-order valence-electron chi connectivity index (χ4n) is 2.78. The summed E-state index contributed by atoms with van der Waals surface area (Å²) in [5.74, 6) is 0. The minimum Gasteiger partial charge on any atom is -0.385 e. The summed E-state index contributed by atoms with van der Waals surface area (Å²) < 4.78 is 5.16. The molecule has 1 aromatic rings. The van der Waals surface area contributed by atoms with Gasteiger partial charge in [-0.05, 0) is 49.9 Å². The number of hydrogen-bond acceptors (Lipinski definition) is 3. The summed E-state index contributed by atoms with van der Waals surface area (Å²) in [6, 6.07) is 4.99. The Morgan fingerprint density at radius 1 is 1.33 bits per heavy atom. The van der Waals surface area contributed by atoms with Crippen LogP contribution in [-0.2, 0) is 11.3 Å². The lowest BCUT2D eigenvalue weighted by atomic mass is 9.97. The minimum atomic E-state index is 0.738. The lowest BCUT2D eigenvalue weighted by Crippen LogP contribution is -2.39. The summed E-state index contributed by atoms with van der Waals surface area (Å²) in [6.07, 6.45) is 10.3. The Labute approximate surface area is 110 Å². The summed E-state index contributed by atoms with van der Waals surface area (Å²) in [7, 11) is 1.79. The Kier molecular flexibility index (Phi) is 5.62. The molecule has 18 heavy (non-hydrogen) atoms. The molecular formula is C15H24N2O. The zero-order chi connectivity index (χ0) is 12.6. The molecule has 1 fully saturated rings. The third-order valence-corrected chi connectivity index (χ3v) is 3.77. The molecule has 3 nitrogen and oxygen atoms in total. The average Bonchev–Trinajstić information content (AvgIpc) is 2.42. The number of piperidine rings is 1. The minimum absolute atomic E-state index is 0.738. The SMILES string of the molecule is COCCCC1CCCCN1Cc1ccncc1. The van der Waals surface area contributed by atoms with Gasteiger partial charge in [0.05, 0.1) is 0 Å². The average molecular weight is 248 g/mol. The van der Waals surface area contributed by atoms with Gasteiger partial charge in [-0.15, -0.1) is 0 Å². The summed E-state index contributed by atoms with van der Waals surface area (Å²) in [6.45, 7) is 3.19. The summed E-state index contributed by atoms with van der Waals surface area (Å²) >= 11 is 0. The van der Waals surface area contributed by atoms with Crippen molar-refractivity contribution in [2.24, 2.45) is 0 Å². The largest absolute Gasteiger partial charge is 0.385 e. The molecule has 2 heterocycles. The Morgan fingerprint density at radius 2 is 2.17 bits per heavy atom. The molecule has 0 N–H and O–H groups in total. The molecule has 0 spiro atoms. The van der Waals surface area contributed by atoms with Crippen LogP contribution in [-0.4, -0.2) is 36.2 Å². The van der Waals surface area contributed by atoms with Crippen LogP contribution in [0.2, 0.25) is 0 Å². The van der Waals surface area contributed by atoms with Gasteiger partial charge in [-0.1, -0.05) is 6.42 Å². The molecule has 0 amide bonds. The van der Waals surface area contributed by atoms with Crippen molar-refractivity contribution in [3.05, 3.63) is 30.1 Å². The zero-order valence-corrected chi connectivity index (χ0v) is 11.3. The van der Waals surface area contributed by atoms with Crippen LogP contribution in [0.5, 0.6) is 0 Å². The van der Waals surface area contributed by atoms with Gasteiger partial charge >= 0.3 is 0 Å². The summed E-state index contributed by atoms with van der Waals surface area (Å²) in [5.41, 5.74) is 1.38. The molecule has 0 aliphatic carbocycles. The number of aromatic nitrogens is 1. The van der Waals surface area contributed by atoms with Crippen molar-refractivity contribution >= 4 is 0 Å². The predicted molar refractivity (Wildman–Crippen MR) is 73.4 cm³/mol. The van der Waals surface area contributed by atoms with E-state index in [2.05, 4.69) is 22.0 Å². The molecule has 100 valence electrons. The van der Waals surface area contributed by atoms with Crippen LogP contribution in [0.25, 0.3) is 0 Å². The molecule has 1 aliphatic heterocycles. The Morgan fingerprint density at radius 3 is 2.94 bits per heavy atom. The van der Waals surface area contributed by atoms with Gasteiger partial charge in [0.2, 0.25) is 0 Å². The van der Waals surface area contributed by atoms with Crippen LogP contribution < -0.4 is 0 Å². The molecule has 3 heteroatoms. The van der Waals surface area contributed by atoms with E-state index < -0.39 is 0 Å². The second kappa shape index (κ2) is 7.49. The quantitative estimate of drug-likeness (QED) is 0.724. The van der Waals surface area contributed by atoms with Crippen LogP contribution in [0.3, 0.4) is 0 Å². The predicted octanol–water partition coefficient (Wildman–Crippen LogP) is 2.86. The van der Waals surface area contributed by atoms with Crippen molar-refractivity contribution in [2.45, 2.75) is 44.7 Å². The third-order valence-electron chi connectivity index (χ3n) is 3.77. The van der Waals surface area contributed by atoms with E-state index in [1.807, 2.05) is 12.4 Å². The molecule has 0 aromatic carbocycles. The number of nitrogens with zero attached hydrogens (tertiary/aromatic N) is 2. The first-order chi connectivity index (χ1) is 8.90. The van der Waals surface area contributed by atoms with Crippen LogP contribution in [0.4, 0.5) is 0 Å². The fraction of sp³-hybridized carbons (Fsp3) is 0.667. The van der Waals surface area contributed by atoms with Crippen LogP contribution in [0, 0.1) is 0 Å². The normalized spacial score (nSPS) is 21.1. The van der Waals surface area contributed by atoms with E-state index in [0.717, 1.165) is 19.2 Å². The number of pyridine rings is 1. The van der Waals surface area contributed by atoms with E-state index in [9.17, 15) is 0 Å². The summed E-state index contributed by atoms with van der Waals surface area (Å²) in [4.78, 5) is 6.72. The van der Waals surface area contributed by atoms with Crippen molar-refractivity contribution in [1.29, 1.82) is 0 Å². The number of likely N-dealkylation sites (tertiary alicyclic amines) is 1. The first-order valence-electron chi connectivity index (χ1n) is 7.02. The van der Waals surface area contributed by atoms with Gasteiger partial charge in [0.25, 0.3) is 0 Å². The monoisotopic (exact) mass is 248 g/mol. The lowest BCUT2D eigenvalue weighted by molar-refractivity contribution is 0.116. The molecular weight excluding hydrogens is 224 g/mol. The maximum absolute atomic E-state index is 5.16. The maximum Gasteiger partial charge on any atom is 0.0462 e. The Balaban J connectivity index is 1.87. The molecule has 1 saturated heterocycles. The van der Waals surface area contributed by atoms with Crippen LogP contribution in [0.1, 0.15) is 37.7 Å². The zero-order valence-electron chi connectivity index (χ0n) is 11.3. The standard InChI is InChI=1S/C15H24N2O/c1-18-12-4-6-15-5-2-3-11-17(15)13-14-7-9-16-10-8-14/h7-10,15H,2-6,11-13H2,1H3. The van der Waals surface area contributed by atoms with Gasteiger partial charge in [-0.2, -0.15) is 0 Å². The molecule has 1 aliphatic rings. The highest BCUT2D eigenvalue weighted by molar-refractivity contribution is 5.09. The smallest absolute Gasteiger partial charge is 0.0462 e. The first kappa shape index (κ1) is 13.5. The van der Waals surface area contributed by atoms with E-state index >= 15 is 0 Å². The highest BCUT2D eigenvalue weighted by atomic mass is 16.5. The van der Waals surface area contributed by atoms with Crippen molar-refractivity contribution in [3.8, 4) is 0 Å². The van der Waals surface area contributed by atoms with Crippen molar-refractivity contribution in [3.63, 3.8) is 0 Å². The first-order valence-corrected chi connectivity index (χ1v) is 7.02. The van der Waals surface area contributed by atoms with E-state index in [1.54, 1.807) is 7.11 Å². The fourth-order valence-corrected chi connectivity index (χ4v) is 2.78. The van der Waals surface area contributed by atoms with Gasteiger partial charge in [0.15, 0.2) is 0 Å². The molecule has 0 saturated carbocycles. The van der Waals surface area contributed by atoms with Gasteiger partial charge in [-0.3, -0.25) is 9.88 Å². The molecule has 1 aromatic heterocycles. The van der Waals surface area contributed by atoms with E-state index in [0.29, 0.717) is 0 Å². The lowest BCUT2D eigenvalue weighted by Gasteiger charge is -2.35. The highest BCUT2D eigenvalue weighted by Crippen LogP contribution is 2.22.